The molecule has 0 fully saturated rings. The number of non-ortho nitro benzene ring substituents is 1. The summed E-state index contributed by atoms with van der Waals surface area (Å²) in [5.41, 5.74) is -0.368. The number of carbonyl (C=O) groups excluding carboxylic acids is 1. The van der Waals surface area contributed by atoms with E-state index in [4.69, 9.17) is 23.2 Å². The lowest BCUT2D eigenvalue weighted by Gasteiger charge is -2.19. The number of nitro groups is 1. The number of amides is 1. The molecule has 0 aliphatic carbocycles. The van der Waals surface area contributed by atoms with Crippen LogP contribution in [-0.4, -0.2) is 17.4 Å². The number of rotatable bonds is 3. The molecule has 0 aliphatic rings. The monoisotopic (exact) mass is 304 g/mol. The Morgan fingerprint density at radius 3 is 2.42 bits per heavy atom. The number of carbonyl (C=O) groups is 1. The maximum absolute atomic E-state index is 12.0. The van der Waals surface area contributed by atoms with Gasteiger partial charge in [0.25, 0.3) is 11.6 Å². The van der Waals surface area contributed by atoms with E-state index in [1.807, 2.05) is 20.8 Å². The first-order valence-corrected chi connectivity index (χ1v) is 6.29. The zero-order valence-electron chi connectivity index (χ0n) is 10.8. The Balaban J connectivity index is 3.05. The van der Waals surface area contributed by atoms with E-state index in [2.05, 4.69) is 5.32 Å². The van der Waals surface area contributed by atoms with Crippen molar-refractivity contribution in [1.29, 1.82) is 0 Å². The molecule has 0 bridgehead atoms. The Morgan fingerprint density at radius 1 is 1.37 bits per heavy atom. The van der Waals surface area contributed by atoms with Gasteiger partial charge < -0.3 is 5.32 Å². The molecule has 0 unspecified atom stereocenters. The van der Waals surface area contributed by atoms with E-state index < -0.39 is 10.8 Å². The molecular formula is C12H14Cl2N2O3. The van der Waals surface area contributed by atoms with Crippen molar-refractivity contribution in [2.75, 3.05) is 6.54 Å². The standard InChI is InChI=1S/C12H14Cl2N2O3/c1-12(2,3)6-15-11(17)8-4-7(16(18)19)5-9(13)10(8)14/h4-5H,6H2,1-3H3,(H,15,17). The van der Waals surface area contributed by atoms with Crippen molar-refractivity contribution < 1.29 is 9.72 Å². The van der Waals surface area contributed by atoms with Gasteiger partial charge in [0.05, 0.1) is 20.5 Å². The van der Waals surface area contributed by atoms with Gasteiger partial charge >= 0.3 is 0 Å². The smallest absolute Gasteiger partial charge is 0.271 e. The molecule has 1 N–H and O–H groups in total. The minimum Gasteiger partial charge on any atom is -0.351 e. The van der Waals surface area contributed by atoms with Crippen LogP contribution in [0.25, 0.3) is 0 Å². The highest BCUT2D eigenvalue weighted by Gasteiger charge is 2.20. The molecule has 1 rings (SSSR count). The van der Waals surface area contributed by atoms with E-state index in [0.29, 0.717) is 6.54 Å². The van der Waals surface area contributed by atoms with Crippen molar-refractivity contribution in [2.45, 2.75) is 20.8 Å². The topological polar surface area (TPSA) is 72.2 Å². The Hall–Kier alpha value is -1.33. The number of hydrogen-bond donors (Lipinski definition) is 1. The third kappa shape index (κ3) is 4.36. The summed E-state index contributed by atoms with van der Waals surface area (Å²) in [5.74, 6) is -0.481. The molecule has 1 aromatic carbocycles. The third-order valence-electron chi connectivity index (χ3n) is 2.25. The van der Waals surface area contributed by atoms with Gasteiger partial charge in [-0.1, -0.05) is 44.0 Å². The zero-order chi connectivity index (χ0) is 14.8. The molecule has 1 aromatic rings. The van der Waals surface area contributed by atoms with Crippen LogP contribution in [0.1, 0.15) is 31.1 Å². The third-order valence-corrected chi connectivity index (χ3v) is 3.05. The van der Waals surface area contributed by atoms with Gasteiger partial charge in [0, 0.05) is 18.7 Å². The molecule has 0 aliphatic heterocycles. The first-order valence-electron chi connectivity index (χ1n) is 5.53. The first kappa shape index (κ1) is 15.7. The van der Waals surface area contributed by atoms with Crippen LogP contribution in [0, 0.1) is 15.5 Å². The Morgan fingerprint density at radius 2 is 1.95 bits per heavy atom. The quantitative estimate of drug-likeness (QED) is 0.684. The summed E-state index contributed by atoms with van der Waals surface area (Å²) >= 11 is 11.7. The summed E-state index contributed by atoms with van der Waals surface area (Å²) in [7, 11) is 0. The molecule has 0 saturated carbocycles. The first-order chi connectivity index (χ1) is 8.61. The SMILES string of the molecule is CC(C)(C)CNC(=O)c1cc([N+](=O)[O-])cc(Cl)c1Cl. The van der Waals surface area contributed by atoms with Gasteiger partial charge in [0.2, 0.25) is 0 Å². The molecule has 1 amide bonds. The van der Waals surface area contributed by atoms with Crippen LogP contribution in [-0.2, 0) is 0 Å². The summed E-state index contributed by atoms with van der Waals surface area (Å²) in [6.07, 6.45) is 0. The average molecular weight is 305 g/mol. The second-order valence-corrected chi connectivity index (χ2v) is 6.07. The average Bonchev–Trinajstić information content (AvgIpc) is 2.28. The number of benzene rings is 1. The minimum atomic E-state index is -0.622. The lowest BCUT2D eigenvalue weighted by atomic mass is 9.97. The van der Waals surface area contributed by atoms with Crippen molar-refractivity contribution in [2.24, 2.45) is 5.41 Å². The van der Waals surface area contributed by atoms with Gasteiger partial charge in [-0.25, -0.2) is 0 Å². The Kier molecular flexibility index (Phi) is 4.76. The second kappa shape index (κ2) is 5.75. The highest BCUT2D eigenvalue weighted by Crippen LogP contribution is 2.30. The van der Waals surface area contributed by atoms with Crippen LogP contribution < -0.4 is 5.32 Å². The normalized spacial score (nSPS) is 11.2. The summed E-state index contributed by atoms with van der Waals surface area (Å²) < 4.78 is 0. The Labute approximate surface area is 121 Å². The number of hydrogen-bond acceptors (Lipinski definition) is 3. The Bertz CT molecular complexity index is 524. The molecule has 7 heteroatoms. The van der Waals surface area contributed by atoms with E-state index in [0.717, 1.165) is 12.1 Å². The molecule has 0 atom stereocenters. The van der Waals surface area contributed by atoms with Crippen LogP contribution in [0.2, 0.25) is 10.0 Å². The fourth-order valence-electron chi connectivity index (χ4n) is 1.29. The summed E-state index contributed by atoms with van der Waals surface area (Å²) in [6.45, 7) is 6.28. The van der Waals surface area contributed by atoms with Crippen LogP contribution in [0.5, 0.6) is 0 Å². The van der Waals surface area contributed by atoms with Gasteiger partial charge in [-0.05, 0) is 5.41 Å². The molecule has 0 spiro atoms. The molecule has 0 radical (unpaired) electrons. The number of nitrogens with one attached hydrogen (secondary N) is 1. The summed E-state index contributed by atoms with van der Waals surface area (Å²) in [6, 6.07) is 2.23. The lowest BCUT2D eigenvalue weighted by Crippen LogP contribution is -2.32. The summed E-state index contributed by atoms with van der Waals surface area (Å²) in [4.78, 5) is 22.1. The van der Waals surface area contributed by atoms with Gasteiger partial charge in [-0.3, -0.25) is 14.9 Å². The van der Waals surface area contributed by atoms with Crippen molar-refractivity contribution in [3.8, 4) is 0 Å². The second-order valence-electron chi connectivity index (χ2n) is 5.29. The molecule has 0 aromatic heterocycles. The fraction of sp³-hybridized carbons (Fsp3) is 0.417. The van der Waals surface area contributed by atoms with E-state index >= 15 is 0 Å². The van der Waals surface area contributed by atoms with E-state index in [1.165, 1.54) is 0 Å². The van der Waals surface area contributed by atoms with Crippen molar-refractivity contribution in [3.05, 3.63) is 37.9 Å². The largest absolute Gasteiger partial charge is 0.351 e. The summed E-state index contributed by atoms with van der Waals surface area (Å²) in [5, 5.41) is 13.4. The molecule has 19 heavy (non-hydrogen) atoms. The highest BCUT2D eigenvalue weighted by molar-refractivity contribution is 6.44. The van der Waals surface area contributed by atoms with Gasteiger partial charge in [0.15, 0.2) is 0 Å². The van der Waals surface area contributed by atoms with Crippen LogP contribution in [0.4, 0.5) is 5.69 Å². The number of halogens is 2. The fourth-order valence-corrected chi connectivity index (χ4v) is 1.69. The van der Waals surface area contributed by atoms with Gasteiger partial charge in [-0.2, -0.15) is 0 Å². The number of nitro benzene ring substituents is 1. The van der Waals surface area contributed by atoms with Crippen molar-refractivity contribution in [1.82, 2.24) is 5.32 Å². The molecular weight excluding hydrogens is 291 g/mol. The van der Waals surface area contributed by atoms with Crippen LogP contribution in [0.15, 0.2) is 12.1 Å². The van der Waals surface area contributed by atoms with E-state index in [9.17, 15) is 14.9 Å². The predicted molar refractivity (Wildman–Crippen MR) is 74.9 cm³/mol. The van der Waals surface area contributed by atoms with Crippen LogP contribution in [0.3, 0.4) is 0 Å². The van der Waals surface area contributed by atoms with Gasteiger partial charge in [0.1, 0.15) is 0 Å². The zero-order valence-corrected chi connectivity index (χ0v) is 12.3. The number of nitrogens with zero attached hydrogens (tertiary/aromatic N) is 1. The van der Waals surface area contributed by atoms with E-state index in [1.54, 1.807) is 0 Å². The van der Waals surface area contributed by atoms with E-state index in [-0.39, 0.29) is 26.7 Å². The maximum Gasteiger partial charge on any atom is 0.271 e. The maximum atomic E-state index is 12.0. The van der Waals surface area contributed by atoms with Crippen molar-refractivity contribution in [3.63, 3.8) is 0 Å². The highest BCUT2D eigenvalue weighted by atomic mass is 35.5. The lowest BCUT2D eigenvalue weighted by molar-refractivity contribution is -0.384. The van der Waals surface area contributed by atoms with Crippen LogP contribution >= 0.6 is 23.2 Å². The molecule has 104 valence electrons. The van der Waals surface area contributed by atoms with Crippen molar-refractivity contribution >= 4 is 34.8 Å². The minimum absolute atomic E-state index is 0.00474. The predicted octanol–water partition coefficient (Wildman–Crippen LogP) is 3.68. The molecule has 5 nitrogen and oxygen atoms in total. The molecule has 0 saturated heterocycles. The van der Waals surface area contributed by atoms with Gasteiger partial charge in [-0.15, -0.1) is 0 Å². The molecule has 0 heterocycles.